The van der Waals surface area contributed by atoms with Gasteiger partial charge in [-0.05, 0) is 56.3 Å². The van der Waals surface area contributed by atoms with Gasteiger partial charge in [0.1, 0.15) is 0 Å². The molecule has 0 fully saturated rings. The highest BCUT2D eigenvalue weighted by Crippen LogP contribution is 2.16. The minimum atomic E-state index is 0.708. The van der Waals surface area contributed by atoms with Crippen LogP contribution < -0.4 is 5.73 Å². The van der Waals surface area contributed by atoms with Crippen molar-refractivity contribution >= 4 is 11.3 Å². The van der Waals surface area contributed by atoms with Crippen LogP contribution in [-0.2, 0) is 6.42 Å². The van der Waals surface area contributed by atoms with E-state index < -0.39 is 0 Å². The van der Waals surface area contributed by atoms with E-state index in [1.165, 1.54) is 16.9 Å². The second-order valence-corrected chi connectivity index (χ2v) is 5.72. The van der Waals surface area contributed by atoms with Gasteiger partial charge >= 0.3 is 0 Å². The summed E-state index contributed by atoms with van der Waals surface area (Å²) in [4.78, 5) is 3.94. The van der Waals surface area contributed by atoms with Crippen molar-refractivity contribution in [1.29, 1.82) is 0 Å². The van der Waals surface area contributed by atoms with E-state index in [9.17, 15) is 0 Å². The third kappa shape index (κ3) is 4.64. The van der Waals surface area contributed by atoms with Gasteiger partial charge in [0.15, 0.2) is 0 Å². The Morgan fingerprint density at radius 3 is 2.81 bits per heavy atom. The first kappa shape index (κ1) is 13.7. The molecule has 1 aromatic heterocycles. The van der Waals surface area contributed by atoms with Crippen molar-refractivity contribution < 1.29 is 0 Å². The predicted molar refractivity (Wildman–Crippen MR) is 73.1 cm³/mol. The number of rotatable bonds is 7. The molecule has 1 rings (SSSR count). The van der Waals surface area contributed by atoms with Crippen molar-refractivity contribution in [2.24, 2.45) is 11.7 Å². The summed E-state index contributed by atoms with van der Waals surface area (Å²) in [5, 5.41) is 2.18. The molecule has 0 amide bonds. The third-order valence-corrected chi connectivity index (χ3v) is 4.05. The summed E-state index contributed by atoms with van der Waals surface area (Å²) in [6.45, 7) is 7.58. The maximum Gasteiger partial charge on any atom is 0.00871 e. The van der Waals surface area contributed by atoms with Crippen LogP contribution in [0.1, 0.15) is 23.8 Å². The Morgan fingerprint density at radius 2 is 2.25 bits per heavy atom. The number of nitrogens with two attached hydrogens (primary N) is 1. The first-order valence-electron chi connectivity index (χ1n) is 6.05. The number of nitrogens with zero attached hydrogens (tertiary/aromatic N) is 1. The van der Waals surface area contributed by atoms with Crippen molar-refractivity contribution in [2.45, 2.75) is 26.7 Å². The summed E-state index contributed by atoms with van der Waals surface area (Å²) in [5.74, 6) is 0.708. The fraction of sp³-hybridized carbons (Fsp3) is 0.692. The van der Waals surface area contributed by atoms with Crippen molar-refractivity contribution in [3.8, 4) is 0 Å². The fourth-order valence-electron chi connectivity index (χ4n) is 1.95. The van der Waals surface area contributed by atoms with Crippen LogP contribution >= 0.6 is 11.3 Å². The Kier molecular flexibility index (Phi) is 6.03. The van der Waals surface area contributed by atoms with Crippen LogP contribution in [0.3, 0.4) is 0 Å². The average molecular weight is 240 g/mol. The molecule has 2 nitrogen and oxygen atoms in total. The summed E-state index contributed by atoms with van der Waals surface area (Å²) in [6, 6.07) is 2.21. The summed E-state index contributed by atoms with van der Waals surface area (Å²) in [6.07, 6.45) is 2.30. The lowest BCUT2D eigenvalue weighted by Crippen LogP contribution is -2.27. The Labute approximate surface area is 103 Å². The summed E-state index contributed by atoms with van der Waals surface area (Å²) < 4.78 is 0. The molecule has 0 aromatic carbocycles. The van der Waals surface area contributed by atoms with Gasteiger partial charge in [-0.2, -0.15) is 0 Å². The first-order valence-corrected chi connectivity index (χ1v) is 6.93. The third-order valence-electron chi connectivity index (χ3n) is 2.97. The Hall–Kier alpha value is -0.380. The molecule has 0 aliphatic carbocycles. The number of likely N-dealkylation sites (N-methyl/N-ethyl adjacent to an activating group) is 1. The standard InChI is InChI=1S/C13H24N2S/c1-11(4-7-14)10-15(3)8-5-13-12(2)6-9-16-13/h6,9,11H,4-5,7-8,10,14H2,1-3H3. The molecule has 2 N–H and O–H groups in total. The van der Waals surface area contributed by atoms with Gasteiger partial charge in [-0.3, -0.25) is 0 Å². The van der Waals surface area contributed by atoms with E-state index in [-0.39, 0.29) is 0 Å². The molecule has 0 bridgehead atoms. The van der Waals surface area contributed by atoms with Crippen molar-refractivity contribution in [2.75, 3.05) is 26.7 Å². The molecule has 0 aliphatic rings. The number of aryl methyl sites for hydroxylation is 1. The van der Waals surface area contributed by atoms with Crippen LogP contribution in [0.2, 0.25) is 0 Å². The van der Waals surface area contributed by atoms with Crippen LogP contribution in [0, 0.1) is 12.8 Å². The van der Waals surface area contributed by atoms with Gasteiger partial charge in [0.2, 0.25) is 0 Å². The van der Waals surface area contributed by atoms with E-state index in [1.807, 2.05) is 11.3 Å². The van der Waals surface area contributed by atoms with Crippen LogP contribution in [0.4, 0.5) is 0 Å². The lowest BCUT2D eigenvalue weighted by atomic mass is 10.1. The summed E-state index contributed by atoms with van der Waals surface area (Å²) in [7, 11) is 2.20. The molecule has 0 aliphatic heterocycles. The first-order chi connectivity index (χ1) is 7.63. The van der Waals surface area contributed by atoms with E-state index >= 15 is 0 Å². The van der Waals surface area contributed by atoms with E-state index in [1.54, 1.807) is 0 Å². The Morgan fingerprint density at radius 1 is 1.50 bits per heavy atom. The van der Waals surface area contributed by atoms with Gasteiger partial charge in [0, 0.05) is 18.0 Å². The van der Waals surface area contributed by atoms with Gasteiger partial charge in [0.05, 0.1) is 0 Å². The Bertz CT molecular complexity index is 296. The minimum Gasteiger partial charge on any atom is -0.330 e. The molecule has 1 aromatic rings. The van der Waals surface area contributed by atoms with Crippen LogP contribution in [-0.4, -0.2) is 31.6 Å². The fourth-order valence-corrected chi connectivity index (χ4v) is 2.85. The SMILES string of the molecule is Cc1ccsc1CCN(C)CC(C)CCN. The smallest absolute Gasteiger partial charge is 0.00871 e. The van der Waals surface area contributed by atoms with Crippen molar-refractivity contribution in [3.05, 3.63) is 21.9 Å². The molecular formula is C13H24N2S. The van der Waals surface area contributed by atoms with E-state index in [4.69, 9.17) is 5.73 Å². The van der Waals surface area contributed by atoms with Gasteiger partial charge in [0.25, 0.3) is 0 Å². The predicted octanol–water partition coefficient (Wildman–Crippen LogP) is 2.52. The molecule has 0 saturated heterocycles. The van der Waals surface area contributed by atoms with Crippen LogP contribution in [0.25, 0.3) is 0 Å². The minimum absolute atomic E-state index is 0.708. The molecule has 0 radical (unpaired) electrons. The summed E-state index contributed by atoms with van der Waals surface area (Å²) in [5.41, 5.74) is 7.00. The van der Waals surface area contributed by atoms with E-state index in [0.717, 1.165) is 26.1 Å². The Balaban J connectivity index is 2.25. The van der Waals surface area contributed by atoms with E-state index in [0.29, 0.717) is 5.92 Å². The second-order valence-electron chi connectivity index (χ2n) is 4.72. The van der Waals surface area contributed by atoms with Gasteiger partial charge in [-0.15, -0.1) is 11.3 Å². The maximum absolute atomic E-state index is 5.56. The lowest BCUT2D eigenvalue weighted by Gasteiger charge is -2.20. The molecule has 1 unspecified atom stereocenters. The molecule has 1 heterocycles. The van der Waals surface area contributed by atoms with Crippen molar-refractivity contribution in [1.82, 2.24) is 4.90 Å². The van der Waals surface area contributed by atoms with Gasteiger partial charge in [-0.1, -0.05) is 6.92 Å². The molecular weight excluding hydrogens is 216 g/mol. The van der Waals surface area contributed by atoms with E-state index in [2.05, 4.69) is 37.2 Å². The van der Waals surface area contributed by atoms with Crippen LogP contribution in [0.5, 0.6) is 0 Å². The second kappa shape index (κ2) is 7.05. The average Bonchev–Trinajstić information content (AvgIpc) is 2.61. The largest absolute Gasteiger partial charge is 0.330 e. The molecule has 92 valence electrons. The molecule has 0 spiro atoms. The quantitative estimate of drug-likeness (QED) is 0.793. The maximum atomic E-state index is 5.56. The lowest BCUT2D eigenvalue weighted by molar-refractivity contribution is 0.283. The monoisotopic (exact) mass is 240 g/mol. The number of hydrogen-bond acceptors (Lipinski definition) is 3. The molecule has 0 saturated carbocycles. The van der Waals surface area contributed by atoms with Gasteiger partial charge in [-0.25, -0.2) is 0 Å². The normalized spacial score (nSPS) is 13.3. The highest BCUT2D eigenvalue weighted by atomic mass is 32.1. The highest BCUT2D eigenvalue weighted by molar-refractivity contribution is 7.10. The highest BCUT2D eigenvalue weighted by Gasteiger charge is 2.07. The topological polar surface area (TPSA) is 29.3 Å². The summed E-state index contributed by atoms with van der Waals surface area (Å²) >= 11 is 1.87. The van der Waals surface area contributed by atoms with Crippen molar-refractivity contribution in [3.63, 3.8) is 0 Å². The number of thiophene rings is 1. The van der Waals surface area contributed by atoms with Crippen LogP contribution in [0.15, 0.2) is 11.4 Å². The number of hydrogen-bond donors (Lipinski definition) is 1. The van der Waals surface area contributed by atoms with Gasteiger partial charge < -0.3 is 10.6 Å². The molecule has 16 heavy (non-hydrogen) atoms. The molecule has 3 heteroatoms. The zero-order valence-corrected chi connectivity index (χ0v) is 11.5. The zero-order valence-electron chi connectivity index (χ0n) is 10.7. The zero-order chi connectivity index (χ0) is 12.0. The molecule has 1 atom stereocenters.